The lowest BCUT2D eigenvalue weighted by Gasteiger charge is -2.49. The van der Waals surface area contributed by atoms with Gasteiger partial charge in [0.1, 0.15) is 0 Å². The van der Waals surface area contributed by atoms with E-state index >= 15 is 0 Å². The predicted molar refractivity (Wildman–Crippen MR) is 167 cm³/mol. The minimum atomic E-state index is -0.124. The topological polar surface area (TPSA) is 78.8 Å². The Hall–Kier alpha value is -3.94. The number of amides is 3. The first-order valence-electron chi connectivity index (χ1n) is 15.8. The number of piperidine rings is 2. The molecule has 3 fully saturated rings. The Bertz CT molecular complexity index is 1480. The zero-order valence-corrected chi connectivity index (χ0v) is 25.4. The van der Waals surface area contributed by atoms with Crippen LogP contribution in [0.1, 0.15) is 56.6 Å². The second-order valence-corrected chi connectivity index (χ2v) is 13.0. The maximum atomic E-state index is 14.3. The molecule has 3 aliphatic rings. The molecule has 8 nitrogen and oxygen atoms in total. The van der Waals surface area contributed by atoms with Crippen LogP contribution in [0, 0.1) is 17.3 Å². The third-order valence-corrected chi connectivity index (χ3v) is 10.2. The van der Waals surface area contributed by atoms with E-state index in [2.05, 4.69) is 22.0 Å². The molecule has 8 heteroatoms. The first kappa shape index (κ1) is 29.1. The van der Waals surface area contributed by atoms with Gasteiger partial charge >= 0.3 is 6.03 Å². The van der Waals surface area contributed by atoms with Gasteiger partial charge in [0.05, 0.1) is 18.1 Å². The van der Waals surface area contributed by atoms with E-state index in [1.165, 1.54) is 0 Å². The second kappa shape index (κ2) is 12.3. The Morgan fingerprint density at radius 1 is 0.953 bits per heavy atom. The Morgan fingerprint density at radius 3 is 2.33 bits per heavy atom. The smallest absolute Gasteiger partial charge is 0.320 e. The first-order valence-corrected chi connectivity index (χ1v) is 15.8. The van der Waals surface area contributed by atoms with Crippen molar-refractivity contribution in [1.29, 1.82) is 0 Å². The fourth-order valence-corrected chi connectivity index (χ4v) is 7.82. The van der Waals surface area contributed by atoms with Gasteiger partial charge in [-0.05, 0) is 49.0 Å². The Balaban J connectivity index is 1.19. The molecule has 3 heterocycles. The number of urea groups is 1. The largest absolute Gasteiger partial charge is 0.349 e. The molecule has 2 saturated heterocycles. The van der Waals surface area contributed by atoms with E-state index in [-0.39, 0.29) is 34.9 Å². The van der Waals surface area contributed by atoms with Crippen LogP contribution in [0.4, 0.5) is 4.79 Å². The molecule has 6 rings (SSSR count). The molecule has 1 saturated carbocycles. The van der Waals surface area contributed by atoms with Gasteiger partial charge in [0.2, 0.25) is 5.91 Å². The predicted octanol–water partition coefficient (Wildman–Crippen LogP) is 5.45. The van der Waals surface area contributed by atoms with Crippen LogP contribution in [0.3, 0.4) is 0 Å². The van der Waals surface area contributed by atoms with E-state index in [0.717, 1.165) is 49.8 Å². The quantitative estimate of drug-likeness (QED) is 0.401. The number of benzene rings is 2. The van der Waals surface area contributed by atoms with Crippen molar-refractivity contribution in [3.63, 3.8) is 0 Å². The lowest BCUT2D eigenvalue weighted by atomic mass is 9.69. The van der Waals surface area contributed by atoms with Crippen LogP contribution in [-0.2, 0) is 11.3 Å². The molecular weight excluding hydrogens is 538 g/mol. The third kappa shape index (κ3) is 5.97. The summed E-state index contributed by atoms with van der Waals surface area (Å²) < 4.78 is 1.77. The normalized spacial score (nSPS) is 23.3. The van der Waals surface area contributed by atoms with E-state index in [0.29, 0.717) is 44.1 Å². The van der Waals surface area contributed by atoms with E-state index in [1.807, 2.05) is 67.5 Å². The van der Waals surface area contributed by atoms with E-state index < -0.39 is 0 Å². The van der Waals surface area contributed by atoms with Crippen LogP contribution >= 0.6 is 0 Å². The Morgan fingerprint density at radius 2 is 1.65 bits per heavy atom. The number of hydrogen-bond acceptors (Lipinski definition) is 4. The summed E-state index contributed by atoms with van der Waals surface area (Å²) in [6.07, 6.45) is 8.36. The third-order valence-electron chi connectivity index (χ3n) is 10.2. The maximum absolute atomic E-state index is 14.3. The van der Waals surface area contributed by atoms with Gasteiger partial charge in [-0.15, -0.1) is 0 Å². The van der Waals surface area contributed by atoms with Crippen molar-refractivity contribution in [2.45, 2.75) is 57.5 Å². The van der Waals surface area contributed by atoms with Crippen LogP contribution in [0.25, 0.3) is 11.3 Å². The monoisotopic (exact) mass is 581 g/mol. The van der Waals surface area contributed by atoms with Crippen molar-refractivity contribution < 1.29 is 9.59 Å². The lowest BCUT2D eigenvalue weighted by molar-refractivity contribution is -0.135. The molecular formula is C35H43N5O3. The molecule has 3 atom stereocenters. The number of nitrogens with zero attached hydrogens (tertiary/aromatic N) is 5. The molecule has 1 spiro atoms. The van der Waals surface area contributed by atoms with Crippen LogP contribution in [0.15, 0.2) is 77.9 Å². The average molecular weight is 582 g/mol. The van der Waals surface area contributed by atoms with Crippen molar-refractivity contribution in [3.8, 4) is 11.3 Å². The van der Waals surface area contributed by atoms with Gasteiger partial charge in [-0.25, -0.2) is 9.78 Å². The molecule has 0 N–H and O–H groups in total. The molecule has 0 unspecified atom stereocenters. The molecule has 0 radical (unpaired) electrons. The van der Waals surface area contributed by atoms with Gasteiger partial charge in [0.25, 0.3) is 5.56 Å². The lowest BCUT2D eigenvalue weighted by Crippen LogP contribution is -2.56. The molecule has 3 aromatic rings. The molecule has 1 aromatic heterocycles. The van der Waals surface area contributed by atoms with Crippen molar-refractivity contribution in [3.05, 3.63) is 89.0 Å². The number of hydrogen-bond donors (Lipinski definition) is 0. The summed E-state index contributed by atoms with van der Waals surface area (Å²) in [4.78, 5) is 50.8. The molecule has 1 aliphatic carbocycles. The molecule has 2 aromatic carbocycles. The zero-order valence-electron chi connectivity index (χ0n) is 25.4. The van der Waals surface area contributed by atoms with Gasteiger partial charge in [-0.3, -0.25) is 14.2 Å². The fraction of sp³-hybridized carbons (Fsp3) is 0.486. The van der Waals surface area contributed by atoms with Crippen LogP contribution in [0.5, 0.6) is 0 Å². The second-order valence-electron chi connectivity index (χ2n) is 13.0. The maximum Gasteiger partial charge on any atom is 0.320 e. The van der Waals surface area contributed by atoms with Crippen molar-refractivity contribution in [2.75, 3.05) is 33.7 Å². The molecule has 2 aliphatic heterocycles. The minimum Gasteiger partial charge on any atom is -0.349 e. The summed E-state index contributed by atoms with van der Waals surface area (Å²) in [5, 5.41) is 0. The van der Waals surface area contributed by atoms with E-state index in [1.54, 1.807) is 21.9 Å². The number of carbonyl (C=O) groups excluding carboxylic acids is 2. The highest BCUT2D eigenvalue weighted by molar-refractivity contribution is 5.80. The van der Waals surface area contributed by atoms with Gasteiger partial charge < -0.3 is 14.7 Å². The molecule has 226 valence electrons. The summed E-state index contributed by atoms with van der Waals surface area (Å²) >= 11 is 0. The van der Waals surface area contributed by atoms with Crippen molar-refractivity contribution in [2.24, 2.45) is 17.3 Å². The fourth-order valence-electron chi connectivity index (χ4n) is 7.82. The molecule has 0 bridgehead atoms. The van der Waals surface area contributed by atoms with Crippen LogP contribution in [-0.4, -0.2) is 69.9 Å². The summed E-state index contributed by atoms with van der Waals surface area (Å²) in [6, 6.07) is 21.6. The van der Waals surface area contributed by atoms with Crippen molar-refractivity contribution in [1.82, 2.24) is 24.3 Å². The highest BCUT2D eigenvalue weighted by Gasteiger charge is 2.48. The van der Waals surface area contributed by atoms with Gasteiger partial charge in [-0.1, -0.05) is 73.5 Å². The zero-order chi connectivity index (χ0) is 30.0. The van der Waals surface area contributed by atoms with Crippen LogP contribution in [0.2, 0.25) is 0 Å². The summed E-state index contributed by atoms with van der Waals surface area (Å²) in [6.45, 7) is 2.60. The van der Waals surface area contributed by atoms with Gasteiger partial charge in [0, 0.05) is 57.8 Å². The Kier molecular flexibility index (Phi) is 8.37. The number of carbonyl (C=O) groups is 2. The Labute approximate surface area is 254 Å². The van der Waals surface area contributed by atoms with Gasteiger partial charge in [-0.2, -0.15) is 0 Å². The standard InChI is InChI=1S/C35H43N5O3/c1-37(2)33(42)28-15-20-40(31(21-28)27-13-7-4-8-14-27)34(43)38-19-16-29(35(24-38)17-9-10-18-35)23-39-25-36-30(22-32(39)41)26-11-5-3-6-12-26/h3-8,11-14,22,25,28-29,31H,9-10,15-21,23-24H2,1-2H3/t28-,29+,31+/m1/s1. The summed E-state index contributed by atoms with van der Waals surface area (Å²) in [5.41, 5.74) is 2.70. The average Bonchev–Trinajstić information content (AvgIpc) is 3.51. The number of rotatable bonds is 5. The highest BCUT2D eigenvalue weighted by Crippen LogP contribution is 2.49. The van der Waals surface area contributed by atoms with Crippen LogP contribution < -0.4 is 5.56 Å². The first-order chi connectivity index (χ1) is 20.8. The molecule has 43 heavy (non-hydrogen) atoms. The van der Waals surface area contributed by atoms with E-state index in [4.69, 9.17) is 0 Å². The number of likely N-dealkylation sites (tertiary alicyclic amines) is 2. The summed E-state index contributed by atoms with van der Waals surface area (Å²) in [5.74, 6) is 0.367. The minimum absolute atomic E-state index is 0.00685. The SMILES string of the molecule is CN(C)C(=O)[C@@H]1CCN(C(=O)N2CC[C@@H](Cn3cnc(-c4ccccc4)cc3=O)C3(CCCC3)C2)[C@H](c2ccccc2)C1. The molecule has 3 amide bonds. The van der Waals surface area contributed by atoms with Crippen molar-refractivity contribution >= 4 is 11.9 Å². The highest BCUT2D eigenvalue weighted by atomic mass is 16.2. The number of aromatic nitrogens is 2. The van der Waals surface area contributed by atoms with E-state index in [9.17, 15) is 14.4 Å². The van der Waals surface area contributed by atoms with Gasteiger partial charge in [0.15, 0.2) is 0 Å². The summed E-state index contributed by atoms with van der Waals surface area (Å²) in [7, 11) is 3.62.